The molecule has 2 aromatic carbocycles. The van der Waals surface area contributed by atoms with Crippen molar-refractivity contribution in [3.8, 4) is 0 Å². The predicted octanol–water partition coefficient (Wildman–Crippen LogP) is 5.95. The minimum Gasteiger partial charge on any atom is -0.344 e. The van der Waals surface area contributed by atoms with Crippen LogP contribution >= 0.6 is 0 Å². The first-order valence-electron chi connectivity index (χ1n) is 10.4. The van der Waals surface area contributed by atoms with Crippen molar-refractivity contribution in [3.63, 3.8) is 0 Å². The monoisotopic (exact) mass is 398 g/mol. The predicted molar refractivity (Wildman–Crippen MR) is 109 cm³/mol. The molecule has 2 nitrogen and oxygen atoms in total. The van der Waals surface area contributed by atoms with Gasteiger partial charge in [-0.2, -0.15) is 13.2 Å². The van der Waals surface area contributed by atoms with Gasteiger partial charge in [-0.3, -0.25) is 0 Å². The van der Waals surface area contributed by atoms with Crippen molar-refractivity contribution in [1.29, 1.82) is 0 Å². The molecule has 0 amide bonds. The van der Waals surface area contributed by atoms with Gasteiger partial charge in [-0.05, 0) is 61.9 Å². The molecule has 0 unspecified atom stereocenters. The van der Waals surface area contributed by atoms with Crippen LogP contribution in [0.5, 0.6) is 0 Å². The molecule has 1 N–H and O–H groups in total. The zero-order valence-electron chi connectivity index (χ0n) is 16.5. The van der Waals surface area contributed by atoms with Gasteiger partial charge >= 0.3 is 6.18 Å². The van der Waals surface area contributed by atoms with E-state index < -0.39 is 11.7 Å². The number of hydrogen-bond donors (Lipinski definition) is 1. The molecule has 152 valence electrons. The van der Waals surface area contributed by atoms with Gasteiger partial charge in [0, 0.05) is 41.6 Å². The van der Waals surface area contributed by atoms with E-state index in [1.807, 2.05) is 0 Å². The van der Waals surface area contributed by atoms with E-state index in [1.54, 1.807) is 6.07 Å². The minimum absolute atomic E-state index is 0.400. The van der Waals surface area contributed by atoms with Crippen LogP contribution in [0.15, 0.2) is 42.5 Å². The molecule has 5 heteroatoms. The highest BCUT2D eigenvalue weighted by Crippen LogP contribution is 2.41. The molecule has 0 radical (unpaired) electrons. The van der Waals surface area contributed by atoms with E-state index in [0.29, 0.717) is 25.0 Å². The van der Waals surface area contributed by atoms with Crippen LogP contribution in [-0.2, 0) is 25.6 Å². The highest BCUT2D eigenvalue weighted by atomic mass is 19.4. The van der Waals surface area contributed by atoms with Gasteiger partial charge in [0.1, 0.15) is 0 Å². The van der Waals surface area contributed by atoms with E-state index in [4.69, 9.17) is 0 Å². The molecule has 0 aliphatic carbocycles. The molecule has 2 aliphatic rings. The minimum atomic E-state index is -4.30. The van der Waals surface area contributed by atoms with Crippen molar-refractivity contribution < 1.29 is 13.2 Å². The molecule has 1 fully saturated rings. The highest BCUT2D eigenvalue weighted by molar-refractivity contribution is 5.87. The standard InChI is InChI=1S/C24H25F3N2/c1-15-8-9-21-19(12-15)23-20-7-3-6-18(28-20)14-22(23)29(21)11-10-16-4-2-5-17(13-16)24(25,26)27/h2,4-5,8-9,12-13,18,20,28H,3,6-7,10-11,14H2,1H3/t18-,20+/m0/s1. The maximum atomic E-state index is 13.1. The summed E-state index contributed by atoms with van der Waals surface area (Å²) < 4.78 is 41.6. The summed E-state index contributed by atoms with van der Waals surface area (Å²) in [6.07, 6.45) is 0.910. The van der Waals surface area contributed by atoms with E-state index in [9.17, 15) is 13.2 Å². The number of hydrogen-bond acceptors (Lipinski definition) is 1. The number of halogens is 3. The Morgan fingerprint density at radius 1 is 1.10 bits per heavy atom. The summed E-state index contributed by atoms with van der Waals surface area (Å²) in [6.45, 7) is 2.82. The third kappa shape index (κ3) is 3.35. The van der Waals surface area contributed by atoms with Crippen LogP contribution < -0.4 is 5.32 Å². The fourth-order valence-electron chi connectivity index (χ4n) is 5.20. The van der Waals surface area contributed by atoms with E-state index in [-0.39, 0.29) is 0 Å². The second-order valence-electron chi connectivity index (χ2n) is 8.53. The average Bonchev–Trinajstić information content (AvgIpc) is 2.98. The van der Waals surface area contributed by atoms with Crippen LogP contribution in [0.4, 0.5) is 13.2 Å². The molecule has 3 aromatic rings. The molecule has 29 heavy (non-hydrogen) atoms. The first-order chi connectivity index (χ1) is 13.9. The summed E-state index contributed by atoms with van der Waals surface area (Å²) in [7, 11) is 0. The number of alkyl halides is 3. The van der Waals surface area contributed by atoms with Gasteiger partial charge in [-0.1, -0.05) is 29.8 Å². The maximum absolute atomic E-state index is 13.1. The summed E-state index contributed by atoms with van der Waals surface area (Å²) >= 11 is 0. The van der Waals surface area contributed by atoms with E-state index in [1.165, 1.54) is 52.7 Å². The molecular weight excluding hydrogens is 373 g/mol. The van der Waals surface area contributed by atoms with Crippen molar-refractivity contribution in [3.05, 3.63) is 70.4 Å². The van der Waals surface area contributed by atoms with Gasteiger partial charge in [0.15, 0.2) is 0 Å². The molecule has 1 aromatic heterocycles. The van der Waals surface area contributed by atoms with Gasteiger partial charge in [0.05, 0.1) is 5.56 Å². The average molecular weight is 398 g/mol. The Morgan fingerprint density at radius 2 is 1.97 bits per heavy atom. The summed E-state index contributed by atoms with van der Waals surface area (Å²) in [5.74, 6) is 0. The number of aryl methyl sites for hydroxylation is 3. The number of rotatable bonds is 3. The Labute approximate surface area is 168 Å². The van der Waals surface area contributed by atoms with Crippen molar-refractivity contribution in [2.75, 3.05) is 0 Å². The normalized spacial score (nSPS) is 21.4. The summed E-state index contributed by atoms with van der Waals surface area (Å²) in [5, 5.41) is 5.10. The summed E-state index contributed by atoms with van der Waals surface area (Å²) in [4.78, 5) is 0. The maximum Gasteiger partial charge on any atom is 0.416 e. The highest BCUT2D eigenvalue weighted by Gasteiger charge is 2.34. The van der Waals surface area contributed by atoms with E-state index >= 15 is 0 Å². The Kier molecular flexibility index (Phi) is 4.46. The molecule has 5 rings (SSSR count). The topological polar surface area (TPSA) is 17.0 Å². The number of nitrogens with one attached hydrogen (secondary N) is 1. The molecule has 3 heterocycles. The van der Waals surface area contributed by atoms with Crippen LogP contribution in [0.2, 0.25) is 0 Å². The SMILES string of the molecule is Cc1ccc2c(c1)c1c(n2CCc2cccc(C(F)(F)F)c2)C[C@@H]2CCC[C@H]1N2. The van der Waals surface area contributed by atoms with Crippen LogP contribution in [0, 0.1) is 6.92 Å². The lowest BCUT2D eigenvalue weighted by atomic mass is 9.84. The fourth-order valence-corrected chi connectivity index (χ4v) is 5.20. The Bertz CT molecular complexity index is 1060. The number of fused-ring (bicyclic) bond motifs is 6. The Balaban J connectivity index is 1.53. The number of nitrogens with zero attached hydrogens (tertiary/aromatic N) is 1. The van der Waals surface area contributed by atoms with Crippen LogP contribution in [0.25, 0.3) is 10.9 Å². The molecule has 0 spiro atoms. The van der Waals surface area contributed by atoms with E-state index in [2.05, 4.69) is 35.0 Å². The lowest BCUT2D eigenvalue weighted by Gasteiger charge is -2.37. The van der Waals surface area contributed by atoms with Gasteiger partial charge in [0.25, 0.3) is 0 Å². The third-order valence-corrected chi connectivity index (χ3v) is 6.52. The van der Waals surface area contributed by atoms with Crippen LogP contribution in [-0.4, -0.2) is 10.6 Å². The summed E-state index contributed by atoms with van der Waals surface area (Å²) in [5.41, 5.74) is 5.42. The summed E-state index contributed by atoms with van der Waals surface area (Å²) in [6, 6.07) is 13.2. The quantitative estimate of drug-likeness (QED) is 0.577. The molecule has 2 bridgehead atoms. The number of piperidine rings is 1. The molecule has 1 saturated heterocycles. The third-order valence-electron chi connectivity index (χ3n) is 6.52. The first-order valence-corrected chi connectivity index (χ1v) is 10.4. The van der Waals surface area contributed by atoms with Crippen LogP contribution in [0.3, 0.4) is 0 Å². The lowest BCUT2D eigenvalue weighted by molar-refractivity contribution is -0.137. The molecular formula is C24H25F3N2. The smallest absolute Gasteiger partial charge is 0.344 e. The first kappa shape index (κ1) is 18.7. The molecule has 2 aliphatic heterocycles. The largest absolute Gasteiger partial charge is 0.416 e. The lowest BCUT2D eigenvalue weighted by Crippen LogP contribution is -2.43. The van der Waals surface area contributed by atoms with E-state index in [0.717, 1.165) is 24.5 Å². The molecule has 0 saturated carbocycles. The zero-order valence-corrected chi connectivity index (χ0v) is 16.5. The zero-order chi connectivity index (χ0) is 20.2. The Hall–Kier alpha value is -2.27. The Morgan fingerprint density at radius 3 is 2.79 bits per heavy atom. The van der Waals surface area contributed by atoms with Crippen LogP contribution in [0.1, 0.15) is 53.3 Å². The molecule has 2 atom stereocenters. The van der Waals surface area contributed by atoms with Crippen molar-refractivity contribution in [2.45, 2.75) is 63.8 Å². The van der Waals surface area contributed by atoms with Crippen molar-refractivity contribution >= 4 is 10.9 Å². The van der Waals surface area contributed by atoms with Crippen molar-refractivity contribution in [1.82, 2.24) is 9.88 Å². The fraction of sp³-hybridized carbons (Fsp3) is 0.417. The van der Waals surface area contributed by atoms with Gasteiger partial charge < -0.3 is 9.88 Å². The number of aromatic nitrogens is 1. The van der Waals surface area contributed by atoms with Gasteiger partial charge in [-0.15, -0.1) is 0 Å². The number of benzene rings is 2. The van der Waals surface area contributed by atoms with Gasteiger partial charge in [-0.25, -0.2) is 0 Å². The second-order valence-corrected chi connectivity index (χ2v) is 8.53. The van der Waals surface area contributed by atoms with Crippen molar-refractivity contribution in [2.24, 2.45) is 0 Å². The second kappa shape index (κ2) is 6.91. The van der Waals surface area contributed by atoms with Gasteiger partial charge in [0.2, 0.25) is 0 Å².